The minimum atomic E-state index is -0.167. The number of amidine groups is 2. The number of rotatable bonds is 6. The zero-order chi connectivity index (χ0) is 34.6. The van der Waals surface area contributed by atoms with Crippen LogP contribution < -0.4 is 10.6 Å². The summed E-state index contributed by atoms with van der Waals surface area (Å²) in [6, 6.07) is 54.1. The van der Waals surface area contributed by atoms with E-state index in [-0.39, 0.29) is 6.17 Å². The van der Waals surface area contributed by atoms with Crippen LogP contribution in [0.3, 0.4) is 0 Å². The molecule has 0 spiro atoms. The van der Waals surface area contributed by atoms with E-state index in [1.165, 1.54) is 63.0 Å². The molecule has 1 aliphatic heterocycles. The molecule has 1 aliphatic carbocycles. The van der Waals surface area contributed by atoms with E-state index in [1.54, 1.807) is 0 Å². The van der Waals surface area contributed by atoms with Gasteiger partial charge in [0.2, 0.25) is 0 Å². The van der Waals surface area contributed by atoms with Gasteiger partial charge < -0.3 is 9.47 Å². The van der Waals surface area contributed by atoms with Crippen LogP contribution in [-0.2, 0) is 0 Å². The van der Waals surface area contributed by atoms with E-state index in [4.69, 9.17) is 9.98 Å². The third-order valence-corrected chi connectivity index (χ3v) is 12.7. The summed E-state index contributed by atoms with van der Waals surface area (Å²) in [5.74, 6) is 1.70. The molecule has 10 rings (SSSR count). The summed E-state index contributed by atoms with van der Waals surface area (Å²) in [6.45, 7) is 0. The van der Waals surface area contributed by atoms with Gasteiger partial charge in [-0.25, -0.2) is 9.98 Å². The van der Waals surface area contributed by atoms with E-state index < -0.39 is 0 Å². The molecule has 0 saturated carbocycles. The molecule has 1 unspecified atom stereocenters. The van der Waals surface area contributed by atoms with Crippen molar-refractivity contribution in [3.8, 4) is 16.8 Å². The summed E-state index contributed by atoms with van der Waals surface area (Å²) in [6.07, 6.45) is 4.30. The molecule has 2 aliphatic rings. The summed E-state index contributed by atoms with van der Waals surface area (Å²) in [5, 5.41) is 5.26. The first kappa shape index (κ1) is 31.0. The van der Waals surface area contributed by atoms with Gasteiger partial charge in [0, 0.05) is 44.7 Å². The molecule has 0 N–H and O–H groups in total. The second-order valence-corrected chi connectivity index (χ2v) is 15.8. The summed E-state index contributed by atoms with van der Waals surface area (Å²) in [7, 11) is 2.11. The maximum absolute atomic E-state index is 5.25. The summed E-state index contributed by atoms with van der Waals surface area (Å²) < 4.78 is 3.79. The number of benzene rings is 5. The molecule has 8 aromatic rings. The Labute approximate surface area is 310 Å². The van der Waals surface area contributed by atoms with Gasteiger partial charge in [0.25, 0.3) is 0 Å². The van der Waals surface area contributed by atoms with Crippen molar-refractivity contribution in [2.45, 2.75) is 19.0 Å². The molecular formula is C46H34N4S2. The van der Waals surface area contributed by atoms with Crippen LogP contribution in [0, 0.1) is 0 Å². The molecule has 0 amide bonds. The predicted octanol–water partition coefficient (Wildman–Crippen LogP) is 10.2. The molecule has 6 heteroatoms. The average Bonchev–Trinajstić information content (AvgIpc) is 3.90. The SMILES string of the molecule is CN1C(c2ccccc2)=NC(c2ccccc2)=NC1c1cc2cc(C3=c4c(n(-c5ccccc5)c5ccc(-c6ccccc6)cc45)=CCC3)sc2s1. The first-order valence-electron chi connectivity index (χ1n) is 17.7. The van der Waals surface area contributed by atoms with Crippen LogP contribution in [0.4, 0.5) is 0 Å². The van der Waals surface area contributed by atoms with Crippen molar-refractivity contribution in [1.29, 1.82) is 0 Å². The van der Waals surface area contributed by atoms with Crippen LogP contribution in [-0.4, -0.2) is 28.2 Å². The molecule has 52 heavy (non-hydrogen) atoms. The first-order chi connectivity index (χ1) is 25.7. The summed E-state index contributed by atoms with van der Waals surface area (Å²) >= 11 is 3.79. The van der Waals surface area contributed by atoms with Gasteiger partial charge in [-0.3, -0.25) is 0 Å². The molecule has 0 radical (unpaired) electrons. The van der Waals surface area contributed by atoms with Crippen LogP contribution in [0.15, 0.2) is 162 Å². The largest absolute Gasteiger partial charge is 0.333 e. The van der Waals surface area contributed by atoms with Gasteiger partial charge >= 0.3 is 0 Å². The number of para-hydroxylation sites is 1. The Balaban J connectivity index is 1.12. The fourth-order valence-electron chi connectivity index (χ4n) is 7.71. The Bertz CT molecular complexity index is 2760. The monoisotopic (exact) mass is 706 g/mol. The molecule has 0 saturated heterocycles. The first-order valence-corrected chi connectivity index (χ1v) is 19.4. The highest BCUT2D eigenvalue weighted by molar-refractivity contribution is 7.38. The Morgan fingerprint density at radius 3 is 2.04 bits per heavy atom. The van der Waals surface area contributed by atoms with Gasteiger partial charge in [0.15, 0.2) is 12.0 Å². The fourth-order valence-corrected chi connectivity index (χ4v) is 10.3. The number of nitrogens with zero attached hydrogens (tertiary/aromatic N) is 4. The van der Waals surface area contributed by atoms with Crippen LogP contribution in [0.1, 0.15) is 39.9 Å². The van der Waals surface area contributed by atoms with Crippen molar-refractivity contribution in [3.63, 3.8) is 0 Å². The van der Waals surface area contributed by atoms with Gasteiger partial charge in [-0.15, -0.1) is 22.7 Å². The van der Waals surface area contributed by atoms with Crippen molar-refractivity contribution in [3.05, 3.63) is 183 Å². The fraction of sp³-hybridized carbons (Fsp3) is 0.0870. The van der Waals surface area contributed by atoms with E-state index >= 15 is 0 Å². The normalized spacial score (nSPS) is 15.8. The van der Waals surface area contributed by atoms with Crippen molar-refractivity contribution in [1.82, 2.24) is 9.47 Å². The maximum atomic E-state index is 5.25. The van der Waals surface area contributed by atoms with E-state index in [0.717, 1.165) is 35.6 Å². The highest BCUT2D eigenvalue weighted by Crippen LogP contribution is 2.42. The highest BCUT2D eigenvalue weighted by Gasteiger charge is 2.29. The van der Waals surface area contributed by atoms with Crippen LogP contribution in [0.5, 0.6) is 0 Å². The van der Waals surface area contributed by atoms with Crippen LogP contribution in [0.2, 0.25) is 0 Å². The minimum Gasteiger partial charge on any atom is -0.333 e. The molecule has 5 aromatic carbocycles. The smallest absolute Gasteiger partial charge is 0.159 e. The number of aromatic nitrogens is 1. The zero-order valence-electron chi connectivity index (χ0n) is 28.6. The highest BCUT2D eigenvalue weighted by atomic mass is 32.2. The molecule has 0 bridgehead atoms. The topological polar surface area (TPSA) is 32.9 Å². The standard InChI is InChI=1S/C46H34N4S2/c1-49-44(32-19-10-4-11-20-32)47-43(31-17-8-3-9-18-31)48-45(49)41-29-34-28-40(51-46(34)52-41)36-23-14-24-39-42(36)37-27-33(30-15-6-2-7-16-30)25-26-38(37)50(39)35-21-12-5-13-22-35/h2-13,15-22,24-29,45H,14,23H2,1H3. The van der Waals surface area contributed by atoms with Crippen molar-refractivity contribution in [2.24, 2.45) is 9.98 Å². The molecule has 3 aromatic heterocycles. The lowest BCUT2D eigenvalue weighted by molar-refractivity contribution is 0.388. The van der Waals surface area contributed by atoms with Gasteiger partial charge in [-0.2, -0.15) is 0 Å². The third kappa shape index (κ3) is 5.26. The van der Waals surface area contributed by atoms with Crippen LogP contribution >= 0.6 is 22.7 Å². The number of hydrogen-bond donors (Lipinski definition) is 0. The number of aliphatic imine (C=N–C) groups is 2. The molecule has 1 atom stereocenters. The van der Waals surface area contributed by atoms with E-state index in [2.05, 4.69) is 168 Å². The van der Waals surface area contributed by atoms with Gasteiger partial charge in [-0.1, -0.05) is 121 Å². The molecule has 4 heterocycles. The predicted molar refractivity (Wildman–Crippen MR) is 220 cm³/mol. The lowest BCUT2D eigenvalue weighted by Gasteiger charge is -2.31. The minimum absolute atomic E-state index is 0.167. The van der Waals surface area contributed by atoms with Crippen molar-refractivity contribution < 1.29 is 0 Å². The van der Waals surface area contributed by atoms with Gasteiger partial charge in [-0.05, 0) is 65.9 Å². The van der Waals surface area contributed by atoms with E-state index in [0.29, 0.717) is 0 Å². The lowest BCUT2D eigenvalue weighted by Crippen LogP contribution is -2.35. The average molecular weight is 707 g/mol. The van der Waals surface area contributed by atoms with Gasteiger partial charge in [0.1, 0.15) is 5.84 Å². The number of hydrogen-bond acceptors (Lipinski definition) is 5. The lowest BCUT2D eigenvalue weighted by atomic mass is 9.98. The Morgan fingerprint density at radius 2 is 1.33 bits per heavy atom. The quantitative estimate of drug-likeness (QED) is 0.169. The Hall–Kier alpha value is -5.82. The molecule has 4 nitrogen and oxygen atoms in total. The molecular weight excluding hydrogens is 673 g/mol. The summed E-state index contributed by atoms with van der Waals surface area (Å²) in [5.41, 5.74) is 8.48. The second-order valence-electron chi connectivity index (χ2n) is 13.4. The van der Waals surface area contributed by atoms with E-state index in [9.17, 15) is 0 Å². The van der Waals surface area contributed by atoms with Crippen molar-refractivity contribution >= 4 is 66.3 Å². The van der Waals surface area contributed by atoms with Crippen LogP contribution in [0.25, 0.3) is 48.8 Å². The summed E-state index contributed by atoms with van der Waals surface area (Å²) in [4.78, 5) is 15.1. The maximum Gasteiger partial charge on any atom is 0.159 e. The number of thiophene rings is 2. The second kappa shape index (κ2) is 12.7. The molecule has 0 fully saturated rings. The number of fused-ring (bicyclic) bond motifs is 4. The van der Waals surface area contributed by atoms with E-state index in [1.807, 2.05) is 28.7 Å². The van der Waals surface area contributed by atoms with Gasteiger partial charge in [0.05, 0.1) is 19.8 Å². The molecule has 250 valence electrons. The Morgan fingerprint density at radius 1 is 0.654 bits per heavy atom. The Kier molecular flexibility index (Phi) is 7.59. The van der Waals surface area contributed by atoms with Crippen molar-refractivity contribution in [2.75, 3.05) is 7.05 Å². The zero-order valence-corrected chi connectivity index (χ0v) is 30.2. The third-order valence-electron chi connectivity index (χ3n) is 10.2.